The molecule has 1 saturated carbocycles. The highest BCUT2D eigenvalue weighted by Gasteiger charge is 2.50. The highest BCUT2D eigenvalue weighted by molar-refractivity contribution is 5.75. The van der Waals surface area contributed by atoms with E-state index in [1.54, 1.807) is 20.2 Å². The quantitative estimate of drug-likeness (QED) is 0.882. The molecule has 1 N–H and O–H groups in total. The van der Waals surface area contributed by atoms with Crippen LogP contribution in [0, 0.1) is 0 Å². The molecule has 1 aromatic rings. The first-order valence-electron chi connectivity index (χ1n) is 5.92. The van der Waals surface area contributed by atoms with E-state index in [1.165, 1.54) is 17.0 Å². The Morgan fingerprint density at radius 2 is 1.84 bits per heavy atom. The molecule has 0 bridgehead atoms. The van der Waals surface area contributed by atoms with Crippen molar-refractivity contribution in [1.29, 1.82) is 0 Å². The van der Waals surface area contributed by atoms with Crippen molar-refractivity contribution in [1.82, 2.24) is 10.2 Å². The van der Waals surface area contributed by atoms with Crippen LogP contribution >= 0.6 is 0 Å². The minimum absolute atomic E-state index is 0.151. The number of carbonyl (C=O) groups is 1. The third kappa shape index (κ3) is 2.67. The molecule has 2 amide bonds. The average Bonchev–Trinajstić information content (AvgIpc) is 3.09. The van der Waals surface area contributed by atoms with Gasteiger partial charge in [0.05, 0.1) is 11.1 Å². The molecule has 1 aliphatic rings. The van der Waals surface area contributed by atoms with Crippen molar-refractivity contribution in [3.63, 3.8) is 0 Å². The van der Waals surface area contributed by atoms with Crippen molar-refractivity contribution in [3.8, 4) is 0 Å². The van der Waals surface area contributed by atoms with Gasteiger partial charge >= 0.3 is 12.2 Å². The molecule has 19 heavy (non-hydrogen) atoms. The molecular formula is C13H15F3N2O. The maximum absolute atomic E-state index is 13.0. The van der Waals surface area contributed by atoms with E-state index in [0.29, 0.717) is 12.8 Å². The smallest absolute Gasteiger partial charge is 0.331 e. The standard InChI is InChI=1S/C13H15F3N2O/c1-18(2)11(19)17-12(7-8-12)9-5-3-4-6-10(9)13(14,15)16/h3-6H,7-8H2,1-2H3,(H,17,19). The lowest BCUT2D eigenvalue weighted by Crippen LogP contribution is -2.42. The fourth-order valence-electron chi connectivity index (χ4n) is 2.05. The Morgan fingerprint density at radius 3 is 2.32 bits per heavy atom. The highest BCUT2D eigenvalue weighted by Crippen LogP contribution is 2.49. The minimum Gasteiger partial charge on any atom is -0.331 e. The Balaban J connectivity index is 2.35. The fourth-order valence-corrected chi connectivity index (χ4v) is 2.05. The van der Waals surface area contributed by atoms with Crippen LogP contribution in [0.4, 0.5) is 18.0 Å². The van der Waals surface area contributed by atoms with Crippen molar-refractivity contribution in [2.75, 3.05) is 14.1 Å². The number of hydrogen-bond donors (Lipinski definition) is 1. The Labute approximate surface area is 109 Å². The molecule has 0 unspecified atom stereocenters. The number of nitrogens with zero attached hydrogens (tertiary/aromatic N) is 1. The van der Waals surface area contributed by atoms with Gasteiger partial charge in [-0.1, -0.05) is 18.2 Å². The van der Waals surface area contributed by atoms with Gasteiger partial charge in [-0.25, -0.2) is 4.79 Å². The molecule has 1 aliphatic carbocycles. The third-order valence-corrected chi connectivity index (χ3v) is 3.25. The summed E-state index contributed by atoms with van der Waals surface area (Å²) in [6, 6.07) is 5.03. The van der Waals surface area contributed by atoms with Crippen LogP contribution in [-0.4, -0.2) is 25.0 Å². The number of rotatable bonds is 2. The van der Waals surface area contributed by atoms with Gasteiger partial charge in [0.25, 0.3) is 0 Å². The van der Waals surface area contributed by atoms with E-state index in [0.717, 1.165) is 6.07 Å². The first kappa shape index (κ1) is 13.7. The Hall–Kier alpha value is -1.72. The number of nitrogens with one attached hydrogen (secondary N) is 1. The summed E-state index contributed by atoms with van der Waals surface area (Å²) in [5.74, 6) is 0. The highest BCUT2D eigenvalue weighted by atomic mass is 19.4. The molecule has 0 aromatic heterocycles. The van der Waals surface area contributed by atoms with Crippen molar-refractivity contribution < 1.29 is 18.0 Å². The number of hydrogen-bond acceptors (Lipinski definition) is 1. The van der Waals surface area contributed by atoms with Gasteiger partial charge < -0.3 is 10.2 Å². The molecule has 0 heterocycles. The van der Waals surface area contributed by atoms with Gasteiger partial charge in [-0.3, -0.25) is 0 Å². The van der Waals surface area contributed by atoms with E-state index in [4.69, 9.17) is 0 Å². The Kier molecular flexibility index (Phi) is 3.20. The van der Waals surface area contributed by atoms with Crippen LogP contribution in [0.2, 0.25) is 0 Å². The van der Waals surface area contributed by atoms with Gasteiger partial charge in [0.15, 0.2) is 0 Å². The predicted octanol–water partition coefficient (Wildman–Crippen LogP) is 2.97. The first-order valence-corrected chi connectivity index (χ1v) is 5.92. The van der Waals surface area contributed by atoms with Crippen LogP contribution in [0.15, 0.2) is 24.3 Å². The minimum atomic E-state index is -4.41. The zero-order valence-electron chi connectivity index (χ0n) is 10.7. The normalized spacial score (nSPS) is 16.9. The van der Waals surface area contributed by atoms with E-state index in [-0.39, 0.29) is 11.6 Å². The summed E-state index contributed by atoms with van der Waals surface area (Å²) in [5.41, 5.74) is -1.39. The monoisotopic (exact) mass is 272 g/mol. The molecule has 0 aliphatic heterocycles. The molecule has 6 heteroatoms. The SMILES string of the molecule is CN(C)C(=O)NC1(c2ccccc2C(F)(F)F)CC1. The lowest BCUT2D eigenvalue weighted by molar-refractivity contribution is -0.138. The number of alkyl halides is 3. The zero-order valence-corrected chi connectivity index (χ0v) is 10.7. The van der Waals surface area contributed by atoms with E-state index in [1.807, 2.05) is 0 Å². The van der Waals surface area contributed by atoms with Gasteiger partial charge in [-0.15, -0.1) is 0 Å². The molecule has 2 rings (SSSR count). The van der Waals surface area contributed by atoms with E-state index in [9.17, 15) is 18.0 Å². The lowest BCUT2D eigenvalue weighted by Gasteiger charge is -2.24. The van der Waals surface area contributed by atoms with E-state index in [2.05, 4.69) is 5.32 Å². The van der Waals surface area contributed by atoms with E-state index < -0.39 is 17.3 Å². The molecular weight excluding hydrogens is 257 g/mol. The largest absolute Gasteiger partial charge is 0.416 e. The second-order valence-corrected chi connectivity index (χ2v) is 4.95. The number of benzene rings is 1. The molecule has 0 atom stereocenters. The van der Waals surface area contributed by atoms with Gasteiger partial charge in [0.1, 0.15) is 0 Å². The van der Waals surface area contributed by atoms with Crippen molar-refractivity contribution in [2.45, 2.75) is 24.6 Å². The molecule has 104 valence electrons. The summed E-state index contributed by atoms with van der Waals surface area (Å²) in [7, 11) is 3.11. The molecule has 1 fully saturated rings. The maximum Gasteiger partial charge on any atom is 0.416 e. The third-order valence-electron chi connectivity index (χ3n) is 3.25. The van der Waals surface area contributed by atoms with Crippen molar-refractivity contribution in [3.05, 3.63) is 35.4 Å². The molecule has 0 saturated heterocycles. The second kappa shape index (κ2) is 4.43. The van der Waals surface area contributed by atoms with Gasteiger partial charge in [0.2, 0.25) is 0 Å². The maximum atomic E-state index is 13.0. The molecule has 3 nitrogen and oxygen atoms in total. The topological polar surface area (TPSA) is 32.3 Å². The number of amides is 2. The van der Waals surface area contributed by atoms with Crippen molar-refractivity contribution >= 4 is 6.03 Å². The van der Waals surface area contributed by atoms with Gasteiger partial charge in [-0.2, -0.15) is 13.2 Å². The summed E-state index contributed by atoms with van der Waals surface area (Å²) in [5, 5.41) is 2.68. The van der Waals surface area contributed by atoms with Crippen LogP contribution in [0.3, 0.4) is 0 Å². The second-order valence-electron chi connectivity index (χ2n) is 4.95. The Bertz CT molecular complexity index is 493. The van der Waals surface area contributed by atoms with Gasteiger partial charge in [0, 0.05) is 14.1 Å². The molecule has 0 radical (unpaired) electrons. The summed E-state index contributed by atoms with van der Waals surface area (Å²) < 4.78 is 38.9. The van der Waals surface area contributed by atoms with Crippen LogP contribution in [0.1, 0.15) is 24.0 Å². The summed E-state index contributed by atoms with van der Waals surface area (Å²) >= 11 is 0. The van der Waals surface area contributed by atoms with Crippen LogP contribution in [0.25, 0.3) is 0 Å². The van der Waals surface area contributed by atoms with Crippen LogP contribution in [0.5, 0.6) is 0 Å². The van der Waals surface area contributed by atoms with Crippen LogP contribution in [-0.2, 0) is 11.7 Å². The lowest BCUT2D eigenvalue weighted by atomic mass is 9.98. The zero-order chi connectivity index (χ0) is 14.3. The summed E-state index contributed by atoms with van der Waals surface area (Å²) in [4.78, 5) is 13.0. The first-order chi connectivity index (χ1) is 8.76. The van der Waals surface area contributed by atoms with Gasteiger partial charge in [-0.05, 0) is 24.5 Å². The molecule has 1 aromatic carbocycles. The summed E-state index contributed by atoms with van der Waals surface area (Å²) in [6.45, 7) is 0. The average molecular weight is 272 g/mol. The van der Waals surface area contributed by atoms with Crippen molar-refractivity contribution in [2.24, 2.45) is 0 Å². The predicted molar refractivity (Wildman–Crippen MR) is 64.6 cm³/mol. The fraction of sp³-hybridized carbons (Fsp3) is 0.462. The Morgan fingerprint density at radius 1 is 1.26 bits per heavy atom. The summed E-state index contributed by atoms with van der Waals surface area (Å²) in [6.07, 6.45) is -3.35. The number of carbonyl (C=O) groups excluding carboxylic acids is 1. The van der Waals surface area contributed by atoms with Crippen LogP contribution < -0.4 is 5.32 Å². The van der Waals surface area contributed by atoms with E-state index >= 15 is 0 Å². The molecule has 0 spiro atoms. The number of halogens is 3. The number of urea groups is 1.